The molecule has 1 atom stereocenters. The van der Waals surface area contributed by atoms with Crippen LogP contribution in [0.15, 0.2) is 0 Å². The van der Waals surface area contributed by atoms with Gasteiger partial charge in [-0.1, -0.05) is 51.9 Å². The molecule has 21 heavy (non-hydrogen) atoms. The van der Waals surface area contributed by atoms with Crippen molar-refractivity contribution in [3.63, 3.8) is 0 Å². The largest absolute Gasteiger partial charge is 0.213 e. The van der Waals surface area contributed by atoms with Gasteiger partial charge >= 0.3 is 0 Å². The summed E-state index contributed by atoms with van der Waals surface area (Å²) in [6.07, 6.45) is 9.24. The lowest BCUT2D eigenvalue weighted by Gasteiger charge is -2.14. The molecule has 124 valence electrons. The van der Waals surface area contributed by atoms with Gasteiger partial charge in [-0.25, -0.2) is 0 Å². The summed E-state index contributed by atoms with van der Waals surface area (Å²) in [5.41, 5.74) is 0. The summed E-state index contributed by atoms with van der Waals surface area (Å²) in [5, 5.41) is 0. The first-order chi connectivity index (χ1) is 9.90. The van der Waals surface area contributed by atoms with Gasteiger partial charge in [-0.05, 0) is 32.6 Å². The molecule has 6 heteroatoms. The standard InChI is InChI=1S/C15H28O4S2/c1-4-5-6-7-8-9-10-11-15(14(3)21(18)19)12-13(2)20(16)17/h15H,4-12H2,1-3H3. The monoisotopic (exact) mass is 336 g/mol. The van der Waals surface area contributed by atoms with Crippen LogP contribution in [-0.2, 0) is 20.6 Å². The van der Waals surface area contributed by atoms with Crippen LogP contribution >= 0.6 is 0 Å². The van der Waals surface area contributed by atoms with Crippen LogP contribution < -0.4 is 0 Å². The molecule has 0 aromatic rings. The SMILES string of the molecule is CCCCCCCCCC(CC(C)=S(=O)=O)C(C)=S(=O)=O. The van der Waals surface area contributed by atoms with Crippen molar-refractivity contribution in [1.82, 2.24) is 0 Å². The minimum Gasteiger partial charge on any atom is -0.185 e. The first kappa shape index (κ1) is 20.4. The molecule has 0 radical (unpaired) electrons. The van der Waals surface area contributed by atoms with Gasteiger partial charge in [0.25, 0.3) is 0 Å². The van der Waals surface area contributed by atoms with E-state index in [1.165, 1.54) is 32.1 Å². The van der Waals surface area contributed by atoms with Crippen LogP contribution in [0.5, 0.6) is 0 Å². The Hall–Kier alpha value is -0.620. The fourth-order valence-electron chi connectivity index (χ4n) is 2.35. The van der Waals surface area contributed by atoms with E-state index >= 15 is 0 Å². The van der Waals surface area contributed by atoms with Gasteiger partial charge in [-0.2, -0.15) is 16.8 Å². The Morgan fingerprint density at radius 1 is 0.810 bits per heavy atom. The summed E-state index contributed by atoms with van der Waals surface area (Å²) < 4.78 is 44.0. The molecule has 0 heterocycles. The van der Waals surface area contributed by atoms with Crippen molar-refractivity contribution in [2.24, 2.45) is 5.92 Å². The van der Waals surface area contributed by atoms with Gasteiger partial charge in [0.15, 0.2) is 0 Å². The lowest BCUT2D eigenvalue weighted by Crippen LogP contribution is -2.16. The number of hydrogen-bond donors (Lipinski definition) is 0. The second-order valence-electron chi connectivity index (χ2n) is 5.59. The second kappa shape index (κ2) is 12.0. The van der Waals surface area contributed by atoms with E-state index < -0.39 is 20.6 Å². The highest BCUT2D eigenvalue weighted by Crippen LogP contribution is 2.17. The zero-order valence-electron chi connectivity index (χ0n) is 13.4. The molecular weight excluding hydrogens is 308 g/mol. The molecule has 0 N–H and O–H groups in total. The quantitative estimate of drug-likeness (QED) is 0.429. The molecule has 1 unspecified atom stereocenters. The predicted molar refractivity (Wildman–Crippen MR) is 89.9 cm³/mol. The van der Waals surface area contributed by atoms with Crippen LogP contribution in [0.2, 0.25) is 0 Å². The zero-order valence-corrected chi connectivity index (χ0v) is 15.0. The fraction of sp³-hybridized carbons (Fsp3) is 0.867. The number of hydrogen-bond acceptors (Lipinski definition) is 4. The van der Waals surface area contributed by atoms with Gasteiger partial charge in [0.2, 0.25) is 20.6 Å². The maximum atomic E-state index is 11.1. The minimum absolute atomic E-state index is 0.183. The zero-order chi connectivity index (χ0) is 16.3. The van der Waals surface area contributed by atoms with E-state index in [9.17, 15) is 16.8 Å². The van der Waals surface area contributed by atoms with Gasteiger partial charge in [-0.3, -0.25) is 0 Å². The molecule has 0 saturated carbocycles. The summed E-state index contributed by atoms with van der Waals surface area (Å²) in [6, 6.07) is 0. The van der Waals surface area contributed by atoms with Crippen molar-refractivity contribution in [2.45, 2.75) is 78.6 Å². The van der Waals surface area contributed by atoms with E-state index in [-0.39, 0.29) is 5.92 Å². The Kier molecular flexibility index (Phi) is 11.6. The Bertz CT molecular complexity index is 540. The summed E-state index contributed by atoms with van der Waals surface area (Å²) in [5.74, 6) is -0.183. The average Bonchev–Trinajstić information content (AvgIpc) is 2.43. The Labute approximate surface area is 132 Å². The summed E-state index contributed by atoms with van der Waals surface area (Å²) in [4.78, 5) is 0.693. The van der Waals surface area contributed by atoms with E-state index in [4.69, 9.17) is 0 Å². The van der Waals surface area contributed by atoms with E-state index in [2.05, 4.69) is 6.92 Å². The van der Waals surface area contributed by atoms with Crippen molar-refractivity contribution in [3.05, 3.63) is 0 Å². The van der Waals surface area contributed by atoms with Crippen LogP contribution in [-0.4, -0.2) is 26.6 Å². The van der Waals surface area contributed by atoms with E-state index in [0.717, 1.165) is 19.3 Å². The van der Waals surface area contributed by atoms with Crippen molar-refractivity contribution in [2.75, 3.05) is 0 Å². The smallest absolute Gasteiger partial charge is 0.185 e. The normalized spacial score (nSPS) is 12.0. The summed E-state index contributed by atoms with van der Waals surface area (Å²) in [7, 11) is -4.45. The van der Waals surface area contributed by atoms with Crippen molar-refractivity contribution in [3.8, 4) is 0 Å². The third kappa shape index (κ3) is 9.85. The molecule has 0 aliphatic heterocycles. The molecule has 0 aromatic carbocycles. The van der Waals surface area contributed by atoms with Crippen LogP contribution in [0.1, 0.15) is 78.6 Å². The molecule has 0 aromatic heterocycles. The molecule has 0 fully saturated rings. The van der Waals surface area contributed by atoms with Gasteiger partial charge in [-0.15, -0.1) is 0 Å². The number of rotatable bonds is 11. The fourth-order valence-corrected chi connectivity index (χ4v) is 3.16. The highest BCUT2D eigenvalue weighted by atomic mass is 32.2. The molecule has 0 aliphatic carbocycles. The summed E-state index contributed by atoms with van der Waals surface area (Å²) in [6.45, 7) is 5.31. The first-order valence-corrected chi connectivity index (χ1v) is 9.89. The maximum absolute atomic E-state index is 11.1. The Balaban J connectivity index is 4.39. The van der Waals surface area contributed by atoms with Crippen LogP contribution in [0, 0.1) is 5.92 Å². The molecule has 0 aliphatic rings. The van der Waals surface area contributed by atoms with Crippen LogP contribution in [0.25, 0.3) is 0 Å². The number of unbranched alkanes of at least 4 members (excludes halogenated alkanes) is 6. The van der Waals surface area contributed by atoms with Crippen molar-refractivity contribution < 1.29 is 16.8 Å². The van der Waals surface area contributed by atoms with Gasteiger partial charge in [0.1, 0.15) is 0 Å². The second-order valence-corrected chi connectivity index (χ2v) is 7.87. The molecular formula is C15H28O4S2. The molecule has 0 spiro atoms. The van der Waals surface area contributed by atoms with E-state index in [0.29, 0.717) is 16.1 Å². The van der Waals surface area contributed by atoms with Gasteiger partial charge in [0, 0.05) is 9.73 Å². The average molecular weight is 337 g/mol. The first-order valence-electron chi connectivity index (χ1n) is 7.74. The van der Waals surface area contributed by atoms with Crippen LogP contribution in [0.4, 0.5) is 0 Å². The maximum Gasteiger partial charge on any atom is 0.213 e. The summed E-state index contributed by atoms with van der Waals surface area (Å²) >= 11 is 0. The lowest BCUT2D eigenvalue weighted by atomic mass is 9.93. The highest BCUT2D eigenvalue weighted by molar-refractivity contribution is 7.73. The molecule has 0 amide bonds. The molecule has 0 bridgehead atoms. The highest BCUT2D eigenvalue weighted by Gasteiger charge is 2.15. The Morgan fingerprint density at radius 3 is 1.81 bits per heavy atom. The Morgan fingerprint density at radius 2 is 1.33 bits per heavy atom. The molecule has 0 rings (SSSR count). The van der Waals surface area contributed by atoms with E-state index in [1.807, 2.05) is 0 Å². The van der Waals surface area contributed by atoms with Crippen molar-refractivity contribution in [1.29, 1.82) is 0 Å². The van der Waals surface area contributed by atoms with E-state index in [1.54, 1.807) is 13.8 Å². The lowest BCUT2D eigenvalue weighted by molar-refractivity contribution is 0.539. The van der Waals surface area contributed by atoms with Gasteiger partial charge < -0.3 is 0 Å². The van der Waals surface area contributed by atoms with Crippen LogP contribution in [0.3, 0.4) is 0 Å². The molecule has 4 nitrogen and oxygen atoms in total. The predicted octanol–water partition coefficient (Wildman–Crippen LogP) is 3.28. The molecule has 0 saturated heterocycles. The third-order valence-electron chi connectivity index (χ3n) is 3.81. The third-order valence-corrected chi connectivity index (χ3v) is 5.41. The van der Waals surface area contributed by atoms with Gasteiger partial charge in [0.05, 0.1) is 0 Å². The topological polar surface area (TPSA) is 68.3 Å². The minimum atomic E-state index is -2.23. The van der Waals surface area contributed by atoms with Crippen molar-refractivity contribution >= 4 is 30.3 Å².